The molecule has 0 saturated carbocycles. The third kappa shape index (κ3) is 3.41. The lowest BCUT2D eigenvalue weighted by Crippen LogP contribution is -2.31. The van der Waals surface area contributed by atoms with Crippen molar-refractivity contribution < 1.29 is 9.53 Å². The van der Waals surface area contributed by atoms with E-state index >= 15 is 0 Å². The number of benzene rings is 2. The number of tetrazole rings is 1. The molecule has 1 aliphatic carbocycles. The molecule has 1 aliphatic heterocycles. The number of ketones is 1. The predicted molar refractivity (Wildman–Crippen MR) is 115 cm³/mol. The van der Waals surface area contributed by atoms with Crippen molar-refractivity contribution in [2.24, 2.45) is 0 Å². The molecular weight excluding hydrogens is 446 g/mol. The van der Waals surface area contributed by atoms with Gasteiger partial charge in [-0.1, -0.05) is 50.9 Å². The first-order chi connectivity index (χ1) is 14.6. The van der Waals surface area contributed by atoms with Gasteiger partial charge >= 0.3 is 0 Å². The molecule has 2 heterocycles. The van der Waals surface area contributed by atoms with Crippen LogP contribution >= 0.6 is 15.9 Å². The minimum Gasteiger partial charge on any atom is -0.489 e. The standard InChI is InChI=1S/C22H20BrN5O2/c1-13-5-7-14(8-6-13)12-30-19-10-9-15(23)11-16(19)21-20-17(3-2-4-18(20)29)24-22-25-26-27-28(21)22/h5-11,21H,2-4,12H2,1H3,(H,24,25,27). The van der Waals surface area contributed by atoms with E-state index in [4.69, 9.17) is 4.74 Å². The van der Waals surface area contributed by atoms with Crippen LogP contribution in [0.5, 0.6) is 5.75 Å². The van der Waals surface area contributed by atoms with Crippen LogP contribution in [0.3, 0.4) is 0 Å². The number of carbonyl (C=O) groups excluding carboxylic acids is 1. The summed E-state index contributed by atoms with van der Waals surface area (Å²) in [5.74, 6) is 1.37. The molecule has 8 heteroatoms. The van der Waals surface area contributed by atoms with E-state index in [0.29, 0.717) is 24.7 Å². The molecule has 1 N–H and O–H groups in total. The summed E-state index contributed by atoms with van der Waals surface area (Å²) in [6, 6.07) is 13.7. The average molecular weight is 466 g/mol. The summed E-state index contributed by atoms with van der Waals surface area (Å²) in [5.41, 5.74) is 4.77. The molecule has 0 fully saturated rings. The van der Waals surface area contributed by atoms with Crippen molar-refractivity contribution in [1.82, 2.24) is 20.2 Å². The number of anilines is 1. The highest BCUT2D eigenvalue weighted by Gasteiger charge is 2.38. The summed E-state index contributed by atoms with van der Waals surface area (Å²) in [6.07, 6.45) is 2.16. The van der Waals surface area contributed by atoms with Crippen LogP contribution < -0.4 is 10.1 Å². The second-order valence-corrected chi connectivity index (χ2v) is 8.52. The Kier molecular flexibility index (Phi) is 4.86. The van der Waals surface area contributed by atoms with E-state index in [1.807, 2.05) is 18.2 Å². The average Bonchev–Trinajstić information content (AvgIpc) is 3.21. The number of nitrogens with one attached hydrogen (secondary N) is 1. The molecule has 1 atom stereocenters. The maximum atomic E-state index is 12.9. The van der Waals surface area contributed by atoms with Crippen LogP contribution in [-0.2, 0) is 11.4 Å². The predicted octanol–water partition coefficient (Wildman–Crippen LogP) is 4.35. The largest absolute Gasteiger partial charge is 0.489 e. The Morgan fingerprint density at radius 2 is 2.03 bits per heavy atom. The number of hydrogen-bond donors (Lipinski definition) is 1. The number of allylic oxidation sites excluding steroid dienone is 2. The molecule has 0 radical (unpaired) electrons. The fourth-order valence-electron chi connectivity index (χ4n) is 4.01. The number of nitrogens with zero attached hydrogens (tertiary/aromatic N) is 4. The van der Waals surface area contributed by atoms with Gasteiger partial charge in [-0.05, 0) is 54.0 Å². The zero-order valence-corrected chi connectivity index (χ0v) is 18.0. The number of hydrogen-bond acceptors (Lipinski definition) is 6. The van der Waals surface area contributed by atoms with Crippen LogP contribution in [0, 0.1) is 6.92 Å². The summed E-state index contributed by atoms with van der Waals surface area (Å²) in [4.78, 5) is 12.9. The van der Waals surface area contributed by atoms with E-state index in [-0.39, 0.29) is 5.78 Å². The molecule has 0 bridgehead atoms. The molecule has 30 heavy (non-hydrogen) atoms. The van der Waals surface area contributed by atoms with Crippen LogP contribution in [0.2, 0.25) is 0 Å². The van der Waals surface area contributed by atoms with E-state index in [9.17, 15) is 4.79 Å². The second-order valence-electron chi connectivity index (χ2n) is 7.60. The van der Waals surface area contributed by atoms with Gasteiger partial charge in [0.1, 0.15) is 18.4 Å². The number of Topliss-reactive ketones (excluding diaryl/α,β-unsaturated/α-hetero) is 1. The quantitative estimate of drug-likeness (QED) is 0.616. The van der Waals surface area contributed by atoms with E-state index in [1.165, 1.54) is 5.56 Å². The highest BCUT2D eigenvalue weighted by molar-refractivity contribution is 9.10. The molecule has 1 aromatic heterocycles. The van der Waals surface area contributed by atoms with E-state index < -0.39 is 6.04 Å². The van der Waals surface area contributed by atoms with Gasteiger partial charge in [-0.3, -0.25) is 4.79 Å². The van der Waals surface area contributed by atoms with Gasteiger partial charge < -0.3 is 10.1 Å². The van der Waals surface area contributed by atoms with Crippen molar-refractivity contribution in [1.29, 1.82) is 0 Å². The molecule has 152 valence electrons. The summed E-state index contributed by atoms with van der Waals surface area (Å²) < 4.78 is 8.79. The molecule has 7 nitrogen and oxygen atoms in total. The lowest BCUT2D eigenvalue weighted by atomic mass is 9.85. The van der Waals surface area contributed by atoms with Crippen LogP contribution in [0.25, 0.3) is 0 Å². The second kappa shape index (κ2) is 7.68. The van der Waals surface area contributed by atoms with Gasteiger partial charge in [0, 0.05) is 27.7 Å². The highest BCUT2D eigenvalue weighted by atomic mass is 79.9. The highest BCUT2D eigenvalue weighted by Crippen LogP contribution is 2.43. The number of aryl methyl sites for hydroxylation is 1. The molecule has 0 saturated heterocycles. The van der Waals surface area contributed by atoms with Gasteiger partial charge in [-0.15, -0.1) is 0 Å². The summed E-state index contributed by atoms with van der Waals surface area (Å²) >= 11 is 3.57. The molecule has 0 spiro atoms. The molecule has 2 aromatic carbocycles. The van der Waals surface area contributed by atoms with E-state index in [1.54, 1.807) is 4.68 Å². The molecule has 2 aliphatic rings. The first kappa shape index (κ1) is 19.0. The van der Waals surface area contributed by atoms with Gasteiger partial charge in [0.25, 0.3) is 0 Å². The number of ether oxygens (including phenoxy) is 1. The number of halogens is 1. The summed E-state index contributed by atoms with van der Waals surface area (Å²) in [7, 11) is 0. The van der Waals surface area contributed by atoms with Crippen LogP contribution in [0.4, 0.5) is 5.95 Å². The fraction of sp³-hybridized carbons (Fsp3) is 0.273. The molecule has 1 unspecified atom stereocenters. The third-order valence-corrected chi connectivity index (χ3v) is 6.00. The smallest absolute Gasteiger partial charge is 0.248 e. The first-order valence-corrected chi connectivity index (χ1v) is 10.7. The van der Waals surface area contributed by atoms with Crippen molar-refractivity contribution in [2.45, 2.75) is 38.8 Å². The minimum absolute atomic E-state index is 0.124. The Balaban J connectivity index is 1.57. The van der Waals surface area contributed by atoms with Crippen molar-refractivity contribution in [3.63, 3.8) is 0 Å². The number of carbonyl (C=O) groups is 1. The van der Waals surface area contributed by atoms with Gasteiger partial charge in [0.15, 0.2) is 5.78 Å². The van der Waals surface area contributed by atoms with Gasteiger partial charge in [0.2, 0.25) is 5.95 Å². The lowest BCUT2D eigenvalue weighted by molar-refractivity contribution is -0.116. The Morgan fingerprint density at radius 3 is 2.87 bits per heavy atom. The van der Waals surface area contributed by atoms with Crippen LogP contribution in [-0.4, -0.2) is 26.0 Å². The fourth-order valence-corrected chi connectivity index (χ4v) is 4.39. The third-order valence-electron chi connectivity index (χ3n) is 5.51. The normalized spacial score (nSPS) is 17.9. The number of rotatable bonds is 4. The van der Waals surface area contributed by atoms with Crippen molar-refractivity contribution in [3.05, 3.63) is 74.9 Å². The lowest BCUT2D eigenvalue weighted by Gasteiger charge is -2.32. The molecule has 3 aromatic rings. The van der Waals surface area contributed by atoms with Gasteiger partial charge in [-0.25, -0.2) is 0 Å². The van der Waals surface area contributed by atoms with Crippen molar-refractivity contribution in [3.8, 4) is 5.75 Å². The minimum atomic E-state index is -0.426. The van der Waals surface area contributed by atoms with Crippen LogP contribution in [0.1, 0.15) is 42.0 Å². The Hall–Kier alpha value is -3.00. The number of aromatic nitrogens is 4. The Labute approximate surface area is 182 Å². The first-order valence-electron chi connectivity index (χ1n) is 9.89. The topological polar surface area (TPSA) is 81.9 Å². The summed E-state index contributed by atoms with van der Waals surface area (Å²) in [5, 5.41) is 15.3. The number of fused-ring (bicyclic) bond motifs is 1. The van der Waals surface area contributed by atoms with E-state index in [2.05, 4.69) is 68.0 Å². The van der Waals surface area contributed by atoms with Gasteiger partial charge in [0.05, 0.1) is 0 Å². The van der Waals surface area contributed by atoms with Crippen LogP contribution in [0.15, 0.2) is 58.2 Å². The van der Waals surface area contributed by atoms with Gasteiger partial charge in [-0.2, -0.15) is 4.68 Å². The molecule has 0 amide bonds. The zero-order valence-electron chi connectivity index (χ0n) is 16.4. The SMILES string of the molecule is Cc1ccc(COc2ccc(Br)cc2C2C3=C(CCCC3=O)Nc3nnnn32)cc1. The summed E-state index contributed by atoms with van der Waals surface area (Å²) in [6.45, 7) is 2.49. The molecular formula is C22H20BrN5O2. The Morgan fingerprint density at radius 1 is 1.20 bits per heavy atom. The monoisotopic (exact) mass is 465 g/mol. The zero-order chi connectivity index (χ0) is 20.7. The molecule has 5 rings (SSSR count). The van der Waals surface area contributed by atoms with E-state index in [0.717, 1.165) is 39.7 Å². The maximum absolute atomic E-state index is 12.9. The van der Waals surface area contributed by atoms with Crippen molar-refractivity contribution >= 4 is 27.7 Å². The van der Waals surface area contributed by atoms with Crippen molar-refractivity contribution in [2.75, 3.05) is 5.32 Å². The maximum Gasteiger partial charge on any atom is 0.248 e. The Bertz CT molecular complexity index is 1150.